The van der Waals surface area contributed by atoms with Gasteiger partial charge in [-0.2, -0.15) is 0 Å². The molecule has 8 nitrogen and oxygen atoms in total. The van der Waals surface area contributed by atoms with Crippen LogP contribution < -0.4 is 10.2 Å². The summed E-state index contributed by atoms with van der Waals surface area (Å²) in [6, 6.07) is 17.4. The lowest BCUT2D eigenvalue weighted by Crippen LogP contribution is -2.46. The fraction of sp³-hybridized carbons (Fsp3) is 0.276. The van der Waals surface area contributed by atoms with Crippen LogP contribution in [-0.2, 0) is 22.1 Å². The van der Waals surface area contributed by atoms with Gasteiger partial charge in [0.25, 0.3) is 11.8 Å². The summed E-state index contributed by atoms with van der Waals surface area (Å²) in [7, 11) is -1.69. The summed E-state index contributed by atoms with van der Waals surface area (Å²) in [4.78, 5) is 42.7. The maximum atomic E-state index is 14.6. The maximum absolute atomic E-state index is 14.6. The minimum Gasteiger partial charge on any atom is -0.450 e. The van der Waals surface area contributed by atoms with E-state index >= 15 is 0 Å². The van der Waals surface area contributed by atoms with Crippen LogP contribution in [-0.4, -0.2) is 52.8 Å². The molecule has 0 aromatic heterocycles. The zero-order chi connectivity index (χ0) is 27.5. The van der Waals surface area contributed by atoms with Gasteiger partial charge in [-0.25, -0.2) is 13.4 Å². The summed E-state index contributed by atoms with van der Waals surface area (Å²) in [6.45, 7) is 2.90. The number of nitrogens with zero attached hydrogens (tertiary/aromatic N) is 2. The van der Waals surface area contributed by atoms with Gasteiger partial charge in [0.15, 0.2) is 0 Å². The van der Waals surface area contributed by atoms with Crippen molar-refractivity contribution in [1.82, 2.24) is 10.2 Å². The van der Waals surface area contributed by atoms with Gasteiger partial charge in [0, 0.05) is 30.3 Å². The van der Waals surface area contributed by atoms with Gasteiger partial charge in [-0.05, 0) is 56.2 Å². The largest absolute Gasteiger partial charge is 0.450 e. The number of piperidine rings is 1. The van der Waals surface area contributed by atoms with E-state index in [-0.39, 0.29) is 35.7 Å². The Morgan fingerprint density at radius 2 is 1.74 bits per heavy atom. The quantitative estimate of drug-likeness (QED) is 0.506. The normalized spacial score (nSPS) is 17.2. The van der Waals surface area contributed by atoms with Crippen LogP contribution in [0.2, 0.25) is 0 Å². The molecule has 39 heavy (non-hydrogen) atoms. The molecule has 1 N–H and O–H groups in total. The lowest BCUT2D eigenvalue weighted by molar-refractivity contribution is 0.0858. The molecule has 5 rings (SSSR count). The molecule has 0 bridgehead atoms. The monoisotopic (exact) mass is 549 g/mol. The van der Waals surface area contributed by atoms with E-state index in [0.717, 1.165) is 0 Å². The molecule has 3 aromatic rings. The Kier molecular flexibility index (Phi) is 7.74. The van der Waals surface area contributed by atoms with Crippen molar-refractivity contribution in [1.29, 1.82) is 0 Å². The number of rotatable bonds is 5. The van der Waals surface area contributed by atoms with E-state index in [9.17, 15) is 23.0 Å². The van der Waals surface area contributed by atoms with Crippen LogP contribution >= 0.6 is 0 Å². The number of halogens is 1. The van der Waals surface area contributed by atoms with Crippen molar-refractivity contribution < 1.29 is 27.7 Å². The molecule has 1 atom stereocenters. The Bertz CT molecular complexity index is 1450. The van der Waals surface area contributed by atoms with Gasteiger partial charge in [0.1, 0.15) is 5.82 Å². The Hall–Kier alpha value is -4.05. The molecule has 0 radical (unpaired) electrons. The molecule has 3 amide bonds. The lowest BCUT2D eigenvalue weighted by atomic mass is 10.0. The van der Waals surface area contributed by atoms with E-state index in [2.05, 4.69) is 5.32 Å². The number of nitrogens with one attached hydrogen (secondary N) is 1. The molecule has 2 heterocycles. The topological polar surface area (TPSA) is 96.0 Å². The molecule has 202 valence electrons. The van der Waals surface area contributed by atoms with E-state index < -0.39 is 22.5 Å². The van der Waals surface area contributed by atoms with Crippen molar-refractivity contribution in [3.63, 3.8) is 0 Å². The van der Waals surface area contributed by atoms with Crippen LogP contribution in [0.1, 0.15) is 46.0 Å². The third kappa shape index (κ3) is 5.42. The fourth-order valence-electron chi connectivity index (χ4n) is 4.85. The van der Waals surface area contributed by atoms with Gasteiger partial charge in [-0.15, -0.1) is 0 Å². The molecule has 1 unspecified atom stereocenters. The number of anilines is 1. The third-order valence-corrected chi connectivity index (χ3v) is 8.42. The molecule has 1 saturated heterocycles. The van der Waals surface area contributed by atoms with Crippen molar-refractivity contribution in [3.05, 3.63) is 89.2 Å². The zero-order valence-electron chi connectivity index (χ0n) is 21.4. The summed E-state index contributed by atoms with van der Waals surface area (Å²) >= 11 is 0. The highest BCUT2D eigenvalue weighted by molar-refractivity contribution is 7.85. The van der Waals surface area contributed by atoms with Crippen molar-refractivity contribution in [2.24, 2.45) is 0 Å². The number of fused-ring (bicyclic) bond motifs is 2. The van der Waals surface area contributed by atoms with Crippen molar-refractivity contribution in [2.75, 3.05) is 24.6 Å². The number of amides is 3. The van der Waals surface area contributed by atoms with Crippen LogP contribution in [0.4, 0.5) is 14.9 Å². The number of carbonyl (C=O) groups excluding carboxylic acids is 3. The van der Waals surface area contributed by atoms with E-state index in [4.69, 9.17) is 4.74 Å². The first kappa shape index (κ1) is 26.6. The van der Waals surface area contributed by atoms with Crippen LogP contribution in [0.15, 0.2) is 76.5 Å². The number of benzene rings is 3. The van der Waals surface area contributed by atoms with Crippen molar-refractivity contribution in [2.45, 2.75) is 42.1 Å². The Morgan fingerprint density at radius 3 is 2.49 bits per heavy atom. The molecule has 10 heteroatoms. The SMILES string of the molecule is CCOC(=O)N1CCC(NC(=O)c2ccc3c(c2)N(Cc2ccccc2F)C(=O)c2ccccc2S3=O)CC1. The molecular weight excluding hydrogens is 521 g/mol. The number of likely N-dealkylation sites (tertiary alicyclic amines) is 1. The molecule has 2 aliphatic heterocycles. The summed E-state index contributed by atoms with van der Waals surface area (Å²) in [6.07, 6.45) is 0.793. The average Bonchev–Trinajstić information content (AvgIpc) is 3.04. The van der Waals surface area contributed by atoms with Gasteiger partial charge in [-0.1, -0.05) is 30.3 Å². The Labute approximate surface area is 228 Å². The van der Waals surface area contributed by atoms with Gasteiger partial charge in [0.2, 0.25) is 0 Å². The van der Waals surface area contributed by atoms with E-state index in [0.29, 0.717) is 53.6 Å². The highest BCUT2D eigenvalue weighted by Crippen LogP contribution is 2.36. The molecule has 0 aliphatic carbocycles. The highest BCUT2D eigenvalue weighted by atomic mass is 32.2. The maximum Gasteiger partial charge on any atom is 0.409 e. The molecule has 1 fully saturated rings. The number of hydrogen-bond acceptors (Lipinski definition) is 5. The second-order valence-electron chi connectivity index (χ2n) is 9.36. The van der Waals surface area contributed by atoms with Crippen LogP contribution in [0, 0.1) is 5.82 Å². The number of carbonyl (C=O) groups is 3. The Morgan fingerprint density at radius 1 is 1.03 bits per heavy atom. The average molecular weight is 550 g/mol. The van der Waals surface area contributed by atoms with Gasteiger partial charge >= 0.3 is 6.09 Å². The van der Waals surface area contributed by atoms with Gasteiger partial charge < -0.3 is 19.9 Å². The summed E-state index contributed by atoms with van der Waals surface area (Å²) in [5.74, 6) is -1.24. The lowest BCUT2D eigenvalue weighted by Gasteiger charge is -2.31. The third-order valence-electron chi connectivity index (χ3n) is 6.92. The first-order valence-electron chi connectivity index (χ1n) is 12.8. The summed E-state index contributed by atoms with van der Waals surface area (Å²) in [5, 5.41) is 3.01. The van der Waals surface area contributed by atoms with E-state index in [1.54, 1.807) is 72.5 Å². The predicted molar refractivity (Wildman–Crippen MR) is 144 cm³/mol. The van der Waals surface area contributed by atoms with Gasteiger partial charge in [-0.3, -0.25) is 9.59 Å². The second kappa shape index (κ2) is 11.4. The van der Waals surface area contributed by atoms with E-state index in [1.165, 1.54) is 11.0 Å². The number of hydrogen-bond donors (Lipinski definition) is 1. The molecule has 2 aliphatic rings. The summed E-state index contributed by atoms with van der Waals surface area (Å²) < 4.78 is 33.2. The molecule has 3 aromatic carbocycles. The van der Waals surface area contributed by atoms with Gasteiger partial charge in [0.05, 0.1) is 45.0 Å². The highest BCUT2D eigenvalue weighted by Gasteiger charge is 2.32. The van der Waals surface area contributed by atoms with Crippen LogP contribution in [0.25, 0.3) is 0 Å². The first-order chi connectivity index (χ1) is 18.9. The molecular formula is C29H28FN3O5S. The summed E-state index contributed by atoms with van der Waals surface area (Å²) in [5.41, 5.74) is 1.14. The minimum atomic E-state index is -1.69. The molecule has 0 saturated carbocycles. The van der Waals surface area contributed by atoms with Crippen molar-refractivity contribution in [3.8, 4) is 0 Å². The smallest absolute Gasteiger partial charge is 0.409 e. The Balaban J connectivity index is 1.43. The van der Waals surface area contributed by atoms with Crippen LogP contribution in [0.5, 0.6) is 0 Å². The number of ether oxygens (including phenoxy) is 1. The second-order valence-corrected chi connectivity index (χ2v) is 10.8. The standard InChI is InChI=1S/C29H28FN3O5S/c1-2-38-29(36)32-15-13-21(14-16-32)31-27(34)19-11-12-26-24(17-19)33(18-20-7-3-5-9-23(20)30)28(35)22-8-4-6-10-25(22)39(26)37/h3-12,17,21H,2,13-16,18H2,1H3,(H,31,34). The van der Waals surface area contributed by atoms with E-state index in [1.807, 2.05) is 0 Å². The zero-order valence-corrected chi connectivity index (χ0v) is 22.2. The van der Waals surface area contributed by atoms with Crippen molar-refractivity contribution >= 4 is 34.4 Å². The molecule has 0 spiro atoms. The predicted octanol–water partition coefficient (Wildman–Crippen LogP) is 4.50. The minimum absolute atomic E-state index is 0.0958. The first-order valence-corrected chi connectivity index (χ1v) is 13.9. The fourth-order valence-corrected chi connectivity index (χ4v) is 6.19. The van der Waals surface area contributed by atoms with Crippen LogP contribution in [0.3, 0.4) is 0 Å².